The first-order valence-corrected chi connectivity index (χ1v) is 15.3. The molecule has 4 aromatic rings. The Kier molecular flexibility index (Phi) is 9.87. The number of hydrogen-bond acceptors (Lipinski definition) is 5. The number of likely N-dealkylation sites (tertiary alicyclic amines) is 1. The van der Waals surface area contributed by atoms with E-state index in [1.54, 1.807) is 59.5 Å². The number of urea groups is 1. The van der Waals surface area contributed by atoms with Crippen molar-refractivity contribution < 1.29 is 23.5 Å². The van der Waals surface area contributed by atoms with Crippen molar-refractivity contribution in [2.45, 2.75) is 45.1 Å². The predicted octanol–water partition coefficient (Wildman–Crippen LogP) is 7.75. The molecular formula is C35H35ClFN5O4. The molecule has 9 nitrogen and oxygen atoms in total. The number of ether oxygens (including phenoxy) is 1. The van der Waals surface area contributed by atoms with Gasteiger partial charge in [0.25, 0.3) is 11.8 Å². The molecule has 0 atom stereocenters. The summed E-state index contributed by atoms with van der Waals surface area (Å²) in [7, 11) is 0. The highest BCUT2D eigenvalue weighted by atomic mass is 35.5. The van der Waals surface area contributed by atoms with Crippen molar-refractivity contribution in [2.75, 3.05) is 29.0 Å². The van der Waals surface area contributed by atoms with Gasteiger partial charge in [0.1, 0.15) is 23.5 Å². The smallest absolute Gasteiger partial charge is 0.321 e. The first-order valence-electron chi connectivity index (χ1n) is 14.9. The molecule has 238 valence electrons. The lowest BCUT2D eigenvalue weighted by Crippen LogP contribution is -2.44. The second-order valence-electron chi connectivity index (χ2n) is 12.0. The summed E-state index contributed by atoms with van der Waals surface area (Å²) in [4.78, 5) is 45.3. The van der Waals surface area contributed by atoms with E-state index >= 15 is 0 Å². The molecule has 1 saturated heterocycles. The van der Waals surface area contributed by atoms with E-state index in [0.717, 1.165) is 5.56 Å². The van der Waals surface area contributed by atoms with Crippen molar-refractivity contribution in [1.29, 1.82) is 0 Å². The number of benzene rings is 3. The SMILES string of the molecule is CC(C)(C)c1ccc(C(=O)Nc2ccccc2C(=O)Nc2ccc(Cl)cn2)c(OC2CCN(C(=O)Nc3ccccc3F)CC2)c1. The third-order valence-electron chi connectivity index (χ3n) is 7.62. The van der Waals surface area contributed by atoms with E-state index < -0.39 is 17.6 Å². The zero-order valence-electron chi connectivity index (χ0n) is 25.8. The lowest BCUT2D eigenvalue weighted by atomic mass is 9.86. The summed E-state index contributed by atoms with van der Waals surface area (Å²) in [5.74, 6) is -0.662. The zero-order valence-corrected chi connectivity index (χ0v) is 26.5. The van der Waals surface area contributed by atoms with Gasteiger partial charge in [-0.2, -0.15) is 0 Å². The van der Waals surface area contributed by atoms with Gasteiger partial charge < -0.3 is 25.6 Å². The number of carbonyl (C=O) groups excluding carboxylic acids is 3. The molecule has 0 unspecified atom stereocenters. The van der Waals surface area contributed by atoms with Crippen molar-refractivity contribution in [3.63, 3.8) is 0 Å². The molecule has 0 spiro atoms. The van der Waals surface area contributed by atoms with Crippen LogP contribution in [0.3, 0.4) is 0 Å². The quantitative estimate of drug-likeness (QED) is 0.191. The maximum absolute atomic E-state index is 14.0. The number of rotatable bonds is 7. The molecule has 0 bridgehead atoms. The summed E-state index contributed by atoms with van der Waals surface area (Å²) in [6, 6.07) is 21.0. The number of hydrogen-bond donors (Lipinski definition) is 3. The van der Waals surface area contributed by atoms with Crippen LogP contribution in [-0.2, 0) is 5.41 Å². The number of halogens is 2. The van der Waals surface area contributed by atoms with Gasteiger partial charge in [-0.15, -0.1) is 0 Å². The van der Waals surface area contributed by atoms with E-state index in [0.29, 0.717) is 53.8 Å². The largest absolute Gasteiger partial charge is 0.489 e. The summed E-state index contributed by atoms with van der Waals surface area (Å²) in [5, 5.41) is 8.66. The first kappa shape index (κ1) is 32.4. The molecule has 11 heteroatoms. The zero-order chi connectivity index (χ0) is 32.8. The number of para-hydroxylation sites is 2. The minimum absolute atomic E-state index is 0.126. The Hall–Kier alpha value is -4.96. The summed E-state index contributed by atoms with van der Waals surface area (Å²) >= 11 is 5.90. The highest BCUT2D eigenvalue weighted by molar-refractivity contribution is 6.30. The summed E-state index contributed by atoms with van der Waals surface area (Å²) < 4.78 is 20.5. The van der Waals surface area contributed by atoms with Crippen molar-refractivity contribution in [2.24, 2.45) is 0 Å². The third-order valence-corrected chi connectivity index (χ3v) is 7.84. The Morgan fingerprint density at radius 1 is 0.848 bits per heavy atom. The van der Waals surface area contributed by atoms with Crippen LogP contribution < -0.4 is 20.7 Å². The molecule has 4 amide bonds. The summed E-state index contributed by atoms with van der Waals surface area (Å²) in [6.07, 6.45) is 2.21. The molecule has 0 aliphatic carbocycles. The van der Waals surface area contributed by atoms with E-state index in [9.17, 15) is 18.8 Å². The monoisotopic (exact) mass is 643 g/mol. The van der Waals surface area contributed by atoms with E-state index in [1.165, 1.54) is 18.3 Å². The maximum Gasteiger partial charge on any atom is 0.321 e. The van der Waals surface area contributed by atoms with E-state index in [-0.39, 0.29) is 28.8 Å². The van der Waals surface area contributed by atoms with Crippen LogP contribution in [0, 0.1) is 5.82 Å². The number of pyridine rings is 1. The fourth-order valence-electron chi connectivity index (χ4n) is 5.00. The average molecular weight is 644 g/mol. The van der Waals surface area contributed by atoms with Gasteiger partial charge in [0.15, 0.2) is 0 Å². The van der Waals surface area contributed by atoms with Crippen LogP contribution in [0.25, 0.3) is 0 Å². The number of anilines is 3. The molecule has 0 saturated carbocycles. The normalized spacial score (nSPS) is 13.5. The Morgan fingerprint density at radius 2 is 1.52 bits per heavy atom. The van der Waals surface area contributed by atoms with E-state index in [1.807, 2.05) is 12.1 Å². The van der Waals surface area contributed by atoms with Crippen molar-refractivity contribution >= 4 is 46.6 Å². The number of piperidine rings is 1. The standard InChI is InChI=1S/C35H35ClFN5O4/c1-35(2,3)22-12-14-26(33(44)39-28-10-6-4-8-25(28)32(43)41-31-15-13-23(36)21-38-31)30(20-22)46-24-16-18-42(19-17-24)34(45)40-29-11-7-5-9-27(29)37/h4-15,20-21,24H,16-19H2,1-3H3,(H,39,44)(H,40,45)(H,38,41,43). The number of nitrogens with one attached hydrogen (secondary N) is 3. The topological polar surface area (TPSA) is 113 Å². The van der Waals surface area contributed by atoms with Crippen LogP contribution in [0.2, 0.25) is 5.02 Å². The fraction of sp³-hybridized carbons (Fsp3) is 0.257. The van der Waals surface area contributed by atoms with Crippen LogP contribution in [0.5, 0.6) is 5.75 Å². The van der Waals surface area contributed by atoms with Gasteiger partial charge in [-0.25, -0.2) is 14.2 Å². The van der Waals surface area contributed by atoms with Crippen molar-refractivity contribution in [3.05, 3.63) is 113 Å². The van der Waals surface area contributed by atoms with E-state index in [4.69, 9.17) is 16.3 Å². The maximum atomic E-state index is 14.0. The Labute approximate surface area is 272 Å². The summed E-state index contributed by atoms with van der Waals surface area (Å²) in [6.45, 7) is 7.02. The predicted molar refractivity (Wildman–Crippen MR) is 177 cm³/mol. The minimum atomic E-state index is -0.500. The highest BCUT2D eigenvalue weighted by Crippen LogP contribution is 2.32. The number of carbonyl (C=O) groups is 3. The average Bonchev–Trinajstić information content (AvgIpc) is 3.03. The molecule has 1 aliphatic rings. The molecule has 2 heterocycles. The molecule has 1 aliphatic heterocycles. The fourth-order valence-corrected chi connectivity index (χ4v) is 5.11. The molecule has 46 heavy (non-hydrogen) atoms. The van der Waals surface area contributed by atoms with Gasteiger partial charge in [0.05, 0.1) is 27.5 Å². The second-order valence-corrected chi connectivity index (χ2v) is 12.4. The van der Waals surface area contributed by atoms with Crippen LogP contribution in [0.1, 0.15) is 59.9 Å². The van der Waals surface area contributed by atoms with Crippen molar-refractivity contribution in [1.82, 2.24) is 9.88 Å². The van der Waals surface area contributed by atoms with Gasteiger partial charge >= 0.3 is 6.03 Å². The first-order chi connectivity index (χ1) is 22.0. The Balaban J connectivity index is 1.30. The Morgan fingerprint density at radius 3 is 2.20 bits per heavy atom. The Bertz CT molecular complexity index is 1730. The van der Waals surface area contributed by atoms with Gasteiger partial charge in [0.2, 0.25) is 0 Å². The van der Waals surface area contributed by atoms with Gasteiger partial charge in [-0.1, -0.05) is 62.7 Å². The van der Waals surface area contributed by atoms with Crippen LogP contribution in [-0.4, -0.2) is 46.9 Å². The van der Waals surface area contributed by atoms with Crippen LogP contribution in [0.4, 0.5) is 26.4 Å². The highest BCUT2D eigenvalue weighted by Gasteiger charge is 2.27. The third kappa shape index (κ3) is 8.00. The van der Waals surface area contributed by atoms with Crippen LogP contribution in [0.15, 0.2) is 85.1 Å². The molecule has 0 radical (unpaired) electrons. The number of amides is 4. The van der Waals surface area contributed by atoms with Crippen molar-refractivity contribution in [3.8, 4) is 5.75 Å². The minimum Gasteiger partial charge on any atom is -0.489 e. The lowest BCUT2D eigenvalue weighted by Gasteiger charge is -2.33. The lowest BCUT2D eigenvalue weighted by molar-refractivity contribution is 0.0994. The molecular weight excluding hydrogens is 609 g/mol. The molecule has 5 rings (SSSR count). The number of nitrogens with zero attached hydrogens (tertiary/aromatic N) is 2. The van der Waals surface area contributed by atoms with Gasteiger partial charge in [0, 0.05) is 32.1 Å². The van der Waals surface area contributed by atoms with Gasteiger partial charge in [-0.05, 0) is 59.5 Å². The van der Waals surface area contributed by atoms with Crippen LogP contribution >= 0.6 is 11.6 Å². The molecule has 3 aromatic carbocycles. The van der Waals surface area contributed by atoms with Gasteiger partial charge in [-0.3, -0.25) is 9.59 Å². The summed E-state index contributed by atoms with van der Waals surface area (Å²) in [5.41, 5.74) is 1.78. The molecule has 3 N–H and O–H groups in total. The molecule has 1 aromatic heterocycles. The second kappa shape index (κ2) is 14.0. The number of aromatic nitrogens is 1. The molecule has 1 fully saturated rings. The van der Waals surface area contributed by atoms with E-state index in [2.05, 4.69) is 41.7 Å².